The van der Waals surface area contributed by atoms with Crippen LogP contribution in [0.3, 0.4) is 0 Å². The third-order valence-corrected chi connectivity index (χ3v) is 8.33. The number of piperidine rings is 3. The van der Waals surface area contributed by atoms with Crippen LogP contribution in [0, 0.1) is 11.8 Å². The largest absolute Gasteiger partial charge is 0.493 e. The monoisotopic (exact) mass is 440 g/mol. The molecule has 1 saturated carbocycles. The Morgan fingerprint density at radius 2 is 1.78 bits per heavy atom. The Kier molecular flexibility index (Phi) is 6.59. The molecule has 0 spiro atoms. The van der Waals surface area contributed by atoms with Gasteiger partial charge in [0.05, 0.1) is 39.1 Å². The van der Waals surface area contributed by atoms with E-state index in [9.17, 15) is 5.11 Å². The Morgan fingerprint density at radius 3 is 2.50 bits per heavy atom. The highest BCUT2D eigenvalue weighted by Gasteiger charge is 2.48. The van der Waals surface area contributed by atoms with Crippen LogP contribution in [0.15, 0.2) is 53.1 Å². The maximum atomic E-state index is 11.7. The molecule has 2 aromatic rings. The van der Waals surface area contributed by atoms with Crippen molar-refractivity contribution in [1.29, 1.82) is 0 Å². The molecule has 5 heteroatoms. The second-order valence-corrected chi connectivity index (χ2v) is 10.3. The third kappa shape index (κ3) is 4.61. The summed E-state index contributed by atoms with van der Waals surface area (Å²) in [5, 5.41) is 11.7. The average molecular weight is 441 g/mol. The average Bonchev–Trinajstić information content (AvgIpc) is 3.57. The molecule has 0 amide bonds. The van der Waals surface area contributed by atoms with Gasteiger partial charge in [0.15, 0.2) is 0 Å². The fraction of sp³-hybridized carbons (Fsp3) is 0.630. The molecule has 2 unspecified atom stereocenters. The van der Waals surface area contributed by atoms with Crippen LogP contribution in [-0.4, -0.2) is 55.1 Å². The number of quaternary nitrogens is 1. The lowest BCUT2D eigenvalue weighted by Gasteiger charge is -2.52. The molecule has 3 saturated heterocycles. The van der Waals surface area contributed by atoms with Crippen molar-refractivity contribution < 1.29 is 23.5 Å². The van der Waals surface area contributed by atoms with Gasteiger partial charge in [-0.1, -0.05) is 31.0 Å². The van der Waals surface area contributed by atoms with Crippen LogP contribution in [0.4, 0.5) is 0 Å². The lowest BCUT2D eigenvalue weighted by atomic mass is 9.82. The molecule has 1 N–H and O–H groups in total. The van der Waals surface area contributed by atoms with Gasteiger partial charge in [0.1, 0.15) is 29.8 Å². The van der Waals surface area contributed by atoms with Gasteiger partial charge in [0, 0.05) is 25.2 Å². The van der Waals surface area contributed by atoms with E-state index >= 15 is 0 Å². The second-order valence-electron chi connectivity index (χ2n) is 10.3. The summed E-state index contributed by atoms with van der Waals surface area (Å²) in [7, 11) is 0. The van der Waals surface area contributed by atoms with Crippen molar-refractivity contribution in [2.24, 2.45) is 11.8 Å². The minimum absolute atomic E-state index is 0.230. The number of aliphatic hydroxyl groups is 1. The van der Waals surface area contributed by atoms with E-state index in [0.717, 1.165) is 49.2 Å². The summed E-state index contributed by atoms with van der Waals surface area (Å²) in [6, 6.07) is 13.9. The molecule has 32 heavy (non-hydrogen) atoms. The first-order chi connectivity index (χ1) is 15.7. The highest BCUT2D eigenvalue weighted by atomic mass is 16.5. The van der Waals surface area contributed by atoms with Crippen LogP contribution in [0.5, 0.6) is 5.75 Å². The minimum atomic E-state index is -1.000. The lowest BCUT2D eigenvalue weighted by Crippen LogP contribution is -2.65. The van der Waals surface area contributed by atoms with Crippen molar-refractivity contribution in [3.05, 3.63) is 54.5 Å². The zero-order chi connectivity index (χ0) is 21.9. The van der Waals surface area contributed by atoms with Gasteiger partial charge in [-0.2, -0.15) is 0 Å². The highest BCUT2D eigenvalue weighted by Crippen LogP contribution is 2.42. The molecule has 2 atom stereocenters. The summed E-state index contributed by atoms with van der Waals surface area (Å²) >= 11 is 0. The number of para-hydroxylation sites is 1. The molecule has 174 valence electrons. The molecule has 6 rings (SSSR count). The predicted molar refractivity (Wildman–Crippen MR) is 123 cm³/mol. The van der Waals surface area contributed by atoms with Crippen LogP contribution in [0.2, 0.25) is 0 Å². The van der Waals surface area contributed by atoms with E-state index in [1.807, 2.05) is 42.5 Å². The van der Waals surface area contributed by atoms with E-state index in [1.165, 1.54) is 38.8 Å². The van der Waals surface area contributed by atoms with Gasteiger partial charge in [0.25, 0.3) is 0 Å². The SMILES string of the molecule is OC(COC1C[N+]2(CCCOc3ccccc3)CCC1CC2)(c1ccco1)C1CCCC1. The van der Waals surface area contributed by atoms with Crippen molar-refractivity contribution in [3.8, 4) is 5.75 Å². The topological polar surface area (TPSA) is 51.8 Å². The molecule has 4 heterocycles. The molecular weight excluding hydrogens is 402 g/mol. The maximum Gasteiger partial charge on any atom is 0.148 e. The number of ether oxygens (including phenoxy) is 2. The molecule has 4 aliphatic rings. The van der Waals surface area contributed by atoms with Crippen LogP contribution in [-0.2, 0) is 10.3 Å². The molecular formula is C27H38NO4+. The zero-order valence-electron chi connectivity index (χ0n) is 19.2. The number of fused-ring (bicyclic) bond motifs is 3. The zero-order valence-corrected chi connectivity index (χ0v) is 19.2. The van der Waals surface area contributed by atoms with E-state index in [-0.39, 0.29) is 12.0 Å². The van der Waals surface area contributed by atoms with Gasteiger partial charge in [-0.25, -0.2) is 0 Å². The van der Waals surface area contributed by atoms with Gasteiger partial charge in [-0.05, 0) is 43.0 Å². The molecule has 1 aliphatic carbocycles. The molecule has 3 aliphatic heterocycles. The Labute approximate surface area is 191 Å². The summed E-state index contributed by atoms with van der Waals surface area (Å²) < 4.78 is 19.3. The number of benzene rings is 1. The van der Waals surface area contributed by atoms with Crippen molar-refractivity contribution in [1.82, 2.24) is 0 Å². The normalized spacial score (nSPS) is 29.8. The smallest absolute Gasteiger partial charge is 0.148 e. The standard InChI is InChI=1S/C27H38NO4/c29-27(23-8-4-5-9-23,26-12-6-18-31-26)21-32-25-20-28(16-13-22(25)14-17-28)15-7-19-30-24-10-2-1-3-11-24/h1-3,6,10-12,18,22-23,25,29H,4-5,7-9,13-17,19-21H2/q+1. The van der Waals surface area contributed by atoms with E-state index in [4.69, 9.17) is 13.9 Å². The lowest BCUT2D eigenvalue weighted by molar-refractivity contribution is -0.946. The van der Waals surface area contributed by atoms with Crippen LogP contribution < -0.4 is 4.74 Å². The van der Waals surface area contributed by atoms with E-state index < -0.39 is 5.60 Å². The molecule has 1 aromatic heterocycles. The maximum absolute atomic E-state index is 11.7. The van der Waals surface area contributed by atoms with E-state index in [1.54, 1.807) is 6.26 Å². The van der Waals surface area contributed by atoms with Crippen LogP contribution >= 0.6 is 0 Å². The fourth-order valence-electron chi connectivity index (χ4n) is 6.38. The van der Waals surface area contributed by atoms with Crippen molar-refractivity contribution >= 4 is 0 Å². The van der Waals surface area contributed by atoms with Crippen molar-refractivity contribution in [2.45, 2.75) is 56.7 Å². The summed E-state index contributed by atoms with van der Waals surface area (Å²) in [4.78, 5) is 0. The molecule has 2 bridgehead atoms. The molecule has 5 nitrogen and oxygen atoms in total. The number of hydrogen-bond acceptors (Lipinski definition) is 4. The minimum Gasteiger partial charge on any atom is -0.493 e. The Morgan fingerprint density at radius 1 is 1.00 bits per heavy atom. The molecule has 0 radical (unpaired) electrons. The summed E-state index contributed by atoms with van der Waals surface area (Å²) in [5.74, 6) is 2.48. The highest BCUT2D eigenvalue weighted by molar-refractivity contribution is 5.20. The Balaban J connectivity index is 1.17. The van der Waals surface area contributed by atoms with Gasteiger partial charge in [-0.3, -0.25) is 0 Å². The fourth-order valence-corrected chi connectivity index (χ4v) is 6.38. The predicted octanol–water partition coefficient (Wildman–Crippen LogP) is 4.75. The number of furan rings is 1. The first-order valence-corrected chi connectivity index (χ1v) is 12.6. The number of rotatable bonds is 10. The quantitative estimate of drug-likeness (QED) is 0.428. The second kappa shape index (κ2) is 9.58. The van der Waals surface area contributed by atoms with Crippen LogP contribution in [0.25, 0.3) is 0 Å². The number of hydrogen-bond donors (Lipinski definition) is 1. The molecule has 4 fully saturated rings. The summed E-state index contributed by atoms with van der Waals surface area (Å²) in [6.07, 6.45) is 9.89. The van der Waals surface area contributed by atoms with Gasteiger partial charge in [-0.15, -0.1) is 0 Å². The Bertz CT molecular complexity index is 825. The van der Waals surface area contributed by atoms with Crippen LogP contribution in [0.1, 0.15) is 50.7 Å². The van der Waals surface area contributed by atoms with Gasteiger partial charge in [0.2, 0.25) is 0 Å². The van der Waals surface area contributed by atoms with Gasteiger partial charge >= 0.3 is 0 Å². The van der Waals surface area contributed by atoms with Crippen molar-refractivity contribution in [3.63, 3.8) is 0 Å². The third-order valence-electron chi connectivity index (χ3n) is 8.33. The first-order valence-electron chi connectivity index (χ1n) is 12.6. The summed E-state index contributed by atoms with van der Waals surface area (Å²) in [5.41, 5.74) is -1.000. The van der Waals surface area contributed by atoms with Gasteiger partial charge < -0.3 is 23.5 Å². The number of nitrogens with zero attached hydrogens (tertiary/aromatic N) is 1. The van der Waals surface area contributed by atoms with Crippen molar-refractivity contribution in [2.75, 3.05) is 39.4 Å². The Hall–Kier alpha value is -1.82. The van der Waals surface area contributed by atoms with E-state index in [0.29, 0.717) is 18.3 Å². The first kappa shape index (κ1) is 22.0. The summed E-state index contributed by atoms with van der Waals surface area (Å²) in [6.45, 7) is 5.82. The van der Waals surface area contributed by atoms with E-state index in [2.05, 4.69) is 0 Å². The molecule has 1 aromatic carbocycles.